The molecule has 0 saturated heterocycles. The minimum atomic E-state index is 0. The van der Waals surface area contributed by atoms with Gasteiger partial charge in [-0.2, -0.15) is 0 Å². The van der Waals surface area contributed by atoms with E-state index in [9.17, 15) is 0 Å². The molecule has 1 radical (unpaired) electrons. The van der Waals surface area contributed by atoms with Gasteiger partial charge in [0.25, 0.3) is 0 Å². The Kier molecular flexibility index (Phi) is 7.18. The molecular formula is C40H26IrN2O-2. The van der Waals surface area contributed by atoms with E-state index in [1.165, 1.54) is 43.4 Å². The molecule has 213 valence electrons. The molecule has 0 spiro atoms. The molecule has 44 heavy (non-hydrogen) atoms. The van der Waals surface area contributed by atoms with Gasteiger partial charge in [0.1, 0.15) is 5.58 Å². The van der Waals surface area contributed by atoms with Crippen LogP contribution in [0.2, 0.25) is 0 Å². The number of hydrogen-bond donors (Lipinski definition) is 0. The maximum atomic E-state index is 6.58. The molecule has 0 aliphatic heterocycles. The molecule has 3 aromatic heterocycles. The van der Waals surface area contributed by atoms with E-state index in [-0.39, 0.29) is 20.1 Å². The Balaban J connectivity index is 0.000000177. The topological polar surface area (TPSA) is 38.9 Å². The number of furan rings is 1. The zero-order valence-electron chi connectivity index (χ0n) is 24.2. The van der Waals surface area contributed by atoms with Gasteiger partial charge in [0.15, 0.2) is 0 Å². The van der Waals surface area contributed by atoms with Gasteiger partial charge in [-0.05, 0) is 51.5 Å². The summed E-state index contributed by atoms with van der Waals surface area (Å²) in [6, 6.07) is 44.2. The number of aryl methyl sites for hydroxylation is 2. The minimum absolute atomic E-state index is 0. The largest absolute Gasteiger partial charge is 0.500 e. The Hall–Kier alpha value is -4.89. The second-order valence-electron chi connectivity index (χ2n) is 11.0. The van der Waals surface area contributed by atoms with Crippen molar-refractivity contribution in [2.45, 2.75) is 13.8 Å². The Morgan fingerprint density at radius 3 is 2.02 bits per heavy atom. The smallest absolute Gasteiger partial charge is 0.129 e. The Bertz CT molecular complexity index is 2350. The molecule has 0 atom stereocenters. The summed E-state index contributed by atoms with van der Waals surface area (Å²) in [5.41, 5.74) is 8.00. The molecule has 3 nitrogen and oxygen atoms in total. The maximum Gasteiger partial charge on any atom is 0.129 e. The second-order valence-corrected chi connectivity index (χ2v) is 11.0. The van der Waals surface area contributed by atoms with E-state index in [2.05, 4.69) is 95.8 Å². The van der Waals surface area contributed by atoms with Crippen molar-refractivity contribution in [3.05, 3.63) is 145 Å². The standard InChI is InChI=1S/C27H14NO.C13H12N.Ir/c1-2-15-28-22(12-1)18-8-5-11-21-25-19-9-3-6-16-13-14-17-7-4-10-20(24(17)23(16)19)27(25)29-26(18)21;1-10-3-6-12(7-4-10)13-8-5-11(2)9-14-13;/h1-7,9-15H;3-6,8-9H,1-2H3;/q2*-1;. The molecule has 0 fully saturated rings. The van der Waals surface area contributed by atoms with Gasteiger partial charge in [0.05, 0.1) is 5.58 Å². The van der Waals surface area contributed by atoms with Crippen molar-refractivity contribution in [3.8, 4) is 22.5 Å². The first-order valence-corrected chi connectivity index (χ1v) is 14.4. The third-order valence-corrected chi connectivity index (χ3v) is 8.13. The van der Waals surface area contributed by atoms with E-state index in [0.29, 0.717) is 0 Å². The van der Waals surface area contributed by atoms with Gasteiger partial charge in [-0.3, -0.25) is 0 Å². The summed E-state index contributed by atoms with van der Waals surface area (Å²) < 4.78 is 6.58. The second kappa shape index (κ2) is 11.3. The molecule has 9 aromatic rings. The van der Waals surface area contributed by atoms with E-state index >= 15 is 0 Å². The molecule has 0 aliphatic carbocycles. The average Bonchev–Trinajstić information content (AvgIpc) is 3.46. The van der Waals surface area contributed by atoms with Gasteiger partial charge in [-0.1, -0.05) is 90.7 Å². The van der Waals surface area contributed by atoms with E-state index in [4.69, 9.17) is 4.42 Å². The van der Waals surface area contributed by atoms with Crippen molar-refractivity contribution in [3.63, 3.8) is 0 Å². The summed E-state index contributed by atoms with van der Waals surface area (Å²) >= 11 is 0. The zero-order chi connectivity index (χ0) is 28.9. The summed E-state index contributed by atoms with van der Waals surface area (Å²) in [6.45, 7) is 4.10. The van der Waals surface area contributed by atoms with Crippen molar-refractivity contribution < 1.29 is 24.5 Å². The van der Waals surface area contributed by atoms with E-state index in [1.54, 1.807) is 0 Å². The van der Waals surface area contributed by atoms with Crippen LogP contribution in [-0.4, -0.2) is 9.97 Å². The first-order chi connectivity index (χ1) is 21.2. The number of pyridine rings is 2. The van der Waals surface area contributed by atoms with Gasteiger partial charge in [0, 0.05) is 48.7 Å². The van der Waals surface area contributed by atoms with Crippen LogP contribution in [0, 0.1) is 26.0 Å². The predicted molar refractivity (Wildman–Crippen MR) is 177 cm³/mol. The van der Waals surface area contributed by atoms with Crippen molar-refractivity contribution in [1.29, 1.82) is 0 Å². The number of benzene rings is 6. The Morgan fingerprint density at radius 2 is 1.32 bits per heavy atom. The Labute approximate surface area is 268 Å². The fourth-order valence-corrected chi connectivity index (χ4v) is 6.06. The van der Waals surface area contributed by atoms with Crippen LogP contribution >= 0.6 is 0 Å². The zero-order valence-corrected chi connectivity index (χ0v) is 26.6. The van der Waals surface area contributed by atoms with E-state index in [1.807, 2.05) is 61.8 Å². The SMILES string of the molecule is Cc1c[c-]c(-c2ccc(C)cn2)cc1.[Ir].[c-]1ccc2c(oc3c4cccc5ccc6cccc(c23)c6c54)c1-c1ccccn1. The van der Waals surface area contributed by atoms with Crippen LogP contribution in [0.15, 0.2) is 126 Å². The van der Waals surface area contributed by atoms with Crippen LogP contribution in [0.4, 0.5) is 0 Å². The van der Waals surface area contributed by atoms with Crippen LogP contribution < -0.4 is 0 Å². The number of rotatable bonds is 2. The molecule has 0 N–H and O–H groups in total. The number of nitrogens with zero attached hydrogens (tertiary/aromatic N) is 2. The van der Waals surface area contributed by atoms with Crippen molar-refractivity contribution in [1.82, 2.24) is 9.97 Å². The average molecular weight is 743 g/mol. The first-order valence-electron chi connectivity index (χ1n) is 14.4. The summed E-state index contributed by atoms with van der Waals surface area (Å²) in [5.74, 6) is 0. The third-order valence-electron chi connectivity index (χ3n) is 8.13. The summed E-state index contributed by atoms with van der Waals surface area (Å²) in [7, 11) is 0. The van der Waals surface area contributed by atoms with Crippen molar-refractivity contribution in [2.24, 2.45) is 0 Å². The van der Waals surface area contributed by atoms with Gasteiger partial charge in [-0.15, -0.1) is 53.6 Å². The normalized spacial score (nSPS) is 11.2. The monoisotopic (exact) mass is 743 g/mol. The first kappa shape index (κ1) is 27.9. The Morgan fingerprint density at radius 1 is 0.568 bits per heavy atom. The number of hydrogen-bond acceptors (Lipinski definition) is 3. The summed E-state index contributed by atoms with van der Waals surface area (Å²) in [4.78, 5) is 8.88. The van der Waals surface area contributed by atoms with Gasteiger partial charge in [-0.25, -0.2) is 0 Å². The van der Waals surface area contributed by atoms with Gasteiger partial charge >= 0.3 is 0 Å². The molecule has 3 heterocycles. The quantitative estimate of drug-likeness (QED) is 0.131. The molecule has 0 aliphatic rings. The molecule has 9 rings (SSSR count). The van der Waals surface area contributed by atoms with Crippen molar-refractivity contribution in [2.75, 3.05) is 0 Å². The van der Waals surface area contributed by atoms with E-state index in [0.717, 1.165) is 44.5 Å². The van der Waals surface area contributed by atoms with Crippen LogP contribution in [0.1, 0.15) is 11.1 Å². The molecular weight excluding hydrogens is 717 g/mol. The fourth-order valence-electron chi connectivity index (χ4n) is 6.06. The van der Waals surface area contributed by atoms with Gasteiger partial charge < -0.3 is 14.4 Å². The number of aromatic nitrogens is 2. The van der Waals surface area contributed by atoms with Crippen molar-refractivity contribution >= 4 is 54.3 Å². The molecule has 4 heteroatoms. The minimum Gasteiger partial charge on any atom is -0.500 e. The maximum absolute atomic E-state index is 6.58. The summed E-state index contributed by atoms with van der Waals surface area (Å²) in [5, 5.41) is 9.75. The number of fused-ring (bicyclic) bond motifs is 5. The molecule has 0 unspecified atom stereocenters. The molecule has 0 bridgehead atoms. The molecule has 0 saturated carbocycles. The predicted octanol–water partition coefficient (Wildman–Crippen LogP) is 10.5. The van der Waals surface area contributed by atoms with Crippen LogP contribution in [0.25, 0.3) is 76.8 Å². The fraction of sp³-hybridized carbons (Fsp3) is 0.0500. The van der Waals surface area contributed by atoms with Crippen LogP contribution in [-0.2, 0) is 20.1 Å². The molecule has 6 aromatic carbocycles. The van der Waals surface area contributed by atoms with E-state index < -0.39 is 0 Å². The van der Waals surface area contributed by atoms with Crippen LogP contribution in [0.3, 0.4) is 0 Å². The van der Waals surface area contributed by atoms with Crippen LogP contribution in [0.5, 0.6) is 0 Å². The summed E-state index contributed by atoms with van der Waals surface area (Å²) in [6.07, 6.45) is 3.69. The molecule has 0 amide bonds. The third kappa shape index (κ3) is 4.64. The van der Waals surface area contributed by atoms with Gasteiger partial charge in [0.2, 0.25) is 0 Å².